The third-order valence-corrected chi connectivity index (χ3v) is 3.01. The first-order valence-electron chi connectivity index (χ1n) is 4.89. The maximum atomic E-state index is 11.7. The van der Waals surface area contributed by atoms with Gasteiger partial charge in [0.2, 0.25) is 5.91 Å². The number of aromatic nitrogens is 1. The number of hydrogen-bond acceptors (Lipinski definition) is 4. The number of amides is 1. The van der Waals surface area contributed by atoms with Crippen LogP contribution in [0.4, 0.5) is 10.8 Å². The number of nitrogens with two attached hydrogens (primary N) is 1. The van der Waals surface area contributed by atoms with Gasteiger partial charge in [0.25, 0.3) is 0 Å². The monoisotopic (exact) mass is 267 g/mol. The second-order valence-corrected chi connectivity index (χ2v) is 4.74. The first kappa shape index (κ1) is 11.9. The Labute approximate surface area is 107 Å². The van der Waals surface area contributed by atoms with E-state index in [0.29, 0.717) is 21.5 Å². The second-order valence-electron chi connectivity index (χ2n) is 3.41. The summed E-state index contributed by atoms with van der Waals surface area (Å²) in [6, 6.07) is 6.93. The average Bonchev–Trinajstić information content (AvgIpc) is 2.67. The highest BCUT2D eigenvalue weighted by molar-refractivity contribution is 7.13. The van der Waals surface area contributed by atoms with Crippen LogP contribution in [-0.2, 0) is 11.2 Å². The zero-order valence-corrected chi connectivity index (χ0v) is 10.4. The summed E-state index contributed by atoms with van der Waals surface area (Å²) in [4.78, 5) is 15.7. The van der Waals surface area contributed by atoms with Crippen LogP contribution in [0.15, 0.2) is 29.6 Å². The highest BCUT2D eigenvalue weighted by Crippen LogP contribution is 2.15. The maximum Gasteiger partial charge on any atom is 0.230 e. The Kier molecular flexibility index (Phi) is 3.61. The third-order valence-electron chi connectivity index (χ3n) is 2.04. The van der Waals surface area contributed by atoms with Gasteiger partial charge in [-0.3, -0.25) is 4.79 Å². The van der Waals surface area contributed by atoms with Crippen molar-refractivity contribution in [3.05, 3.63) is 40.4 Å². The van der Waals surface area contributed by atoms with Crippen molar-refractivity contribution in [2.75, 3.05) is 11.1 Å². The molecule has 2 aromatic rings. The molecule has 17 heavy (non-hydrogen) atoms. The topological polar surface area (TPSA) is 68.0 Å². The first-order chi connectivity index (χ1) is 8.13. The van der Waals surface area contributed by atoms with Gasteiger partial charge in [-0.05, 0) is 24.3 Å². The Bertz CT molecular complexity index is 524. The Hall–Kier alpha value is -1.59. The van der Waals surface area contributed by atoms with Crippen LogP contribution in [0, 0.1) is 0 Å². The minimum atomic E-state index is -0.127. The van der Waals surface area contributed by atoms with E-state index >= 15 is 0 Å². The summed E-state index contributed by atoms with van der Waals surface area (Å²) < 4.78 is 0. The molecule has 88 valence electrons. The summed E-state index contributed by atoms with van der Waals surface area (Å²) in [5.41, 5.74) is 6.87. The Balaban J connectivity index is 1.95. The molecule has 0 aliphatic heterocycles. The fourth-order valence-electron chi connectivity index (χ4n) is 1.31. The molecule has 1 heterocycles. The normalized spacial score (nSPS) is 10.2. The fraction of sp³-hybridized carbons (Fsp3) is 0.0909. The summed E-state index contributed by atoms with van der Waals surface area (Å²) in [5.74, 6) is -0.127. The van der Waals surface area contributed by atoms with E-state index in [0.717, 1.165) is 0 Å². The zero-order valence-electron chi connectivity index (χ0n) is 8.81. The molecule has 6 heteroatoms. The number of rotatable bonds is 3. The van der Waals surface area contributed by atoms with Crippen LogP contribution in [0.25, 0.3) is 0 Å². The molecule has 1 aromatic heterocycles. The van der Waals surface area contributed by atoms with Gasteiger partial charge in [-0.2, -0.15) is 0 Å². The van der Waals surface area contributed by atoms with Crippen molar-refractivity contribution in [1.29, 1.82) is 0 Å². The standard InChI is InChI=1S/C11H10ClN3OS/c12-7-1-3-8(4-2-7)14-10(16)5-9-6-17-11(13)15-9/h1-4,6H,5H2,(H2,13,15)(H,14,16). The van der Waals surface area contributed by atoms with Crippen molar-refractivity contribution in [3.8, 4) is 0 Å². The number of halogens is 1. The van der Waals surface area contributed by atoms with E-state index in [-0.39, 0.29) is 12.3 Å². The number of carbonyl (C=O) groups excluding carboxylic acids is 1. The molecule has 4 nitrogen and oxygen atoms in total. The van der Waals surface area contributed by atoms with Gasteiger partial charge < -0.3 is 11.1 Å². The first-order valence-corrected chi connectivity index (χ1v) is 6.14. The van der Waals surface area contributed by atoms with Crippen molar-refractivity contribution in [3.63, 3.8) is 0 Å². The number of nitrogens with one attached hydrogen (secondary N) is 1. The molecular formula is C11H10ClN3OS. The van der Waals surface area contributed by atoms with Crippen LogP contribution in [0.2, 0.25) is 5.02 Å². The van der Waals surface area contributed by atoms with Crippen molar-refractivity contribution < 1.29 is 4.79 Å². The summed E-state index contributed by atoms with van der Waals surface area (Å²) in [6.45, 7) is 0. The van der Waals surface area contributed by atoms with E-state index in [9.17, 15) is 4.79 Å². The van der Waals surface area contributed by atoms with E-state index in [1.54, 1.807) is 29.6 Å². The van der Waals surface area contributed by atoms with Gasteiger partial charge >= 0.3 is 0 Å². The molecule has 0 aliphatic rings. The van der Waals surface area contributed by atoms with E-state index in [1.807, 2.05) is 0 Å². The van der Waals surface area contributed by atoms with Crippen LogP contribution in [-0.4, -0.2) is 10.9 Å². The zero-order chi connectivity index (χ0) is 12.3. The lowest BCUT2D eigenvalue weighted by molar-refractivity contribution is -0.115. The molecular weight excluding hydrogens is 258 g/mol. The average molecular weight is 268 g/mol. The number of anilines is 2. The van der Waals surface area contributed by atoms with E-state index < -0.39 is 0 Å². The second kappa shape index (κ2) is 5.16. The lowest BCUT2D eigenvalue weighted by atomic mass is 10.3. The summed E-state index contributed by atoms with van der Waals surface area (Å²) in [5, 5.41) is 5.63. The van der Waals surface area contributed by atoms with Gasteiger partial charge in [-0.15, -0.1) is 11.3 Å². The van der Waals surface area contributed by atoms with Gasteiger partial charge in [-0.25, -0.2) is 4.98 Å². The Morgan fingerprint density at radius 3 is 2.71 bits per heavy atom. The van der Waals surface area contributed by atoms with Crippen molar-refractivity contribution in [1.82, 2.24) is 4.98 Å². The Morgan fingerprint density at radius 1 is 1.41 bits per heavy atom. The summed E-state index contributed by atoms with van der Waals surface area (Å²) >= 11 is 7.07. The van der Waals surface area contributed by atoms with Gasteiger partial charge in [0.1, 0.15) is 0 Å². The highest BCUT2D eigenvalue weighted by Gasteiger charge is 2.06. The molecule has 1 amide bonds. The molecule has 0 saturated heterocycles. The molecule has 0 atom stereocenters. The SMILES string of the molecule is Nc1nc(CC(=O)Nc2ccc(Cl)cc2)cs1. The summed E-state index contributed by atoms with van der Waals surface area (Å²) in [7, 11) is 0. The molecule has 0 radical (unpaired) electrons. The van der Waals surface area contributed by atoms with Crippen LogP contribution in [0.5, 0.6) is 0 Å². The number of nitrogens with zero attached hydrogens (tertiary/aromatic N) is 1. The van der Waals surface area contributed by atoms with Gasteiger partial charge in [0, 0.05) is 16.1 Å². The smallest absolute Gasteiger partial charge is 0.230 e. The lowest BCUT2D eigenvalue weighted by Crippen LogP contribution is -2.14. The van der Waals surface area contributed by atoms with Crippen molar-refractivity contribution in [2.24, 2.45) is 0 Å². The molecule has 2 rings (SSSR count). The predicted molar refractivity (Wildman–Crippen MR) is 70.3 cm³/mol. The minimum Gasteiger partial charge on any atom is -0.375 e. The van der Waals surface area contributed by atoms with E-state index in [1.165, 1.54) is 11.3 Å². The number of carbonyl (C=O) groups is 1. The molecule has 0 bridgehead atoms. The number of thiazole rings is 1. The predicted octanol–water partition coefficient (Wildman–Crippen LogP) is 2.56. The van der Waals surface area contributed by atoms with Crippen LogP contribution >= 0.6 is 22.9 Å². The maximum absolute atomic E-state index is 11.7. The van der Waals surface area contributed by atoms with Crippen molar-refractivity contribution in [2.45, 2.75) is 6.42 Å². The van der Waals surface area contributed by atoms with Gasteiger partial charge in [0.15, 0.2) is 5.13 Å². The lowest BCUT2D eigenvalue weighted by Gasteiger charge is -2.03. The quantitative estimate of drug-likeness (QED) is 0.898. The molecule has 3 N–H and O–H groups in total. The molecule has 0 spiro atoms. The van der Waals surface area contributed by atoms with Crippen LogP contribution < -0.4 is 11.1 Å². The molecule has 1 aromatic carbocycles. The Morgan fingerprint density at radius 2 is 2.12 bits per heavy atom. The van der Waals surface area contributed by atoms with Gasteiger partial charge in [-0.1, -0.05) is 11.6 Å². The van der Waals surface area contributed by atoms with Crippen LogP contribution in [0.3, 0.4) is 0 Å². The van der Waals surface area contributed by atoms with E-state index in [4.69, 9.17) is 17.3 Å². The third kappa shape index (κ3) is 3.44. The molecule has 0 aliphatic carbocycles. The molecule has 0 unspecified atom stereocenters. The number of hydrogen-bond donors (Lipinski definition) is 2. The fourth-order valence-corrected chi connectivity index (χ4v) is 2.00. The molecule has 0 saturated carbocycles. The number of benzene rings is 1. The van der Waals surface area contributed by atoms with E-state index in [2.05, 4.69) is 10.3 Å². The molecule has 0 fully saturated rings. The number of nitrogen functional groups attached to an aromatic ring is 1. The minimum absolute atomic E-state index is 0.127. The largest absolute Gasteiger partial charge is 0.375 e. The van der Waals surface area contributed by atoms with Gasteiger partial charge in [0.05, 0.1) is 12.1 Å². The summed E-state index contributed by atoms with van der Waals surface area (Å²) in [6.07, 6.45) is 0.219. The van der Waals surface area contributed by atoms with Crippen molar-refractivity contribution >= 4 is 39.7 Å². The van der Waals surface area contributed by atoms with Crippen LogP contribution in [0.1, 0.15) is 5.69 Å². The highest BCUT2D eigenvalue weighted by atomic mass is 35.5.